The van der Waals surface area contributed by atoms with Gasteiger partial charge in [-0.25, -0.2) is 0 Å². The Hall–Kier alpha value is 0.126. The van der Waals surface area contributed by atoms with Crippen molar-refractivity contribution >= 4 is 11.7 Å². The molecule has 0 heterocycles. The number of anilines is 1. The molecule has 1 aromatic carbocycles. The maximum atomic E-state index is 10.1. The van der Waals surface area contributed by atoms with Crippen molar-refractivity contribution < 1.29 is 61.3 Å². The van der Waals surface area contributed by atoms with E-state index in [9.17, 15) is 4.79 Å². The van der Waals surface area contributed by atoms with Crippen LogP contribution in [0.1, 0.15) is 0 Å². The summed E-state index contributed by atoms with van der Waals surface area (Å²) in [6.45, 7) is -0.0377. The van der Waals surface area contributed by atoms with Gasteiger partial charge in [-0.2, -0.15) is 0 Å². The Morgan fingerprint density at radius 3 is 2.42 bits per heavy atom. The first-order valence-electron chi connectivity index (χ1n) is 3.30. The van der Waals surface area contributed by atoms with Crippen LogP contribution in [0.15, 0.2) is 30.3 Å². The van der Waals surface area contributed by atoms with Gasteiger partial charge in [0.05, 0.1) is 0 Å². The van der Waals surface area contributed by atoms with Gasteiger partial charge in [-0.1, -0.05) is 18.2 Å². The van der Waals surface area contributed by atoms with Crippen molar-refractivity contribution in [3.05, 3.63) is 30.3 Å². The molecule has 0 fully saturated rings. The standard InChI is InChI=1S/C8H9NO2.K/c10-8(11)6-9-7-4-2-1-3-5-7;/h1-5,9H,6H2,(H,10,11);/q;+1. The summed E-state index contributed by atoms with van der Waals surface area (Å²) >= 11 is 0. The first-order valence-corrected chi connectivity index (χ1v) is 3.30. The number of hydrogen-bond donors (Lipinski definition) is 2. The van der Waals surface area contributed by atoms with Crippen molar-refractivity contribution in [2.75, 3.05) is 11.9 Å². The Kier molecular flexibility index (Phi) is 6.69. The number of carbonyl (C=O) groups is 1. The van der Waals surface area contributed by atoms with Crippen LogP contribution in [0.3, 0.4) is 0 Å². The van der Waals surface area contributed by atoms with Gasteiger partial charge in [-0.15, -0.1) is 0 Å². The second-order valence-electron chi connectivity index (χ2n) is 2.11. The van der Waals surface area contributed by atoms with Gasteiger partial charge in [0.1, 0.15) is 6.54 Å². The number of aliphatic carboxylic acids is 1. The number of nitrogens with one attached hydrogen (secondary N) is 1. The Labute approximate surface area is 114 Å². The number of carboxylic acids is 1. The summed E-state index contributed by atoms with van der Waals surface area (Å²) in [7, 11) is 0. The van der Waals surface area contributed by atoms with Gasteiger partial charge in [0.15, 0.2) is 0 Å². The van der Waals surface area contributed by atoms with E-state index >= 15 is 0 Å². The Bertz CT molecular complexity index is 238. The Morgan fingerprint density at radius 2 is 1.92 bits per heavy atom. The molecule has 0 saturated carbocycles. The fourth-order valence-corrected chi connectivity index (χ4v) is 0.734. The van der Waals surface area contributed by atoms with E-state index in [4.69, 9.17) is 5.11 Å². The molecule has 1 rings (SSSR count). The molecule has 3 nitrogen and oxygen atoms in total. The molecule has 0 aliphatic carbocycles. The molecule has 58 valence electrons. The van der Waals surface area contributed by atoms with Gasteiger partial charge in [0.2, 0.25) is 0 Å². The molecule has 0 atom stereocenters. The SMILES string of the molecule is O=C(O)CNc1ccccc1.[K+]. The fourth-order valence-electron chi connectivity index (χ4n) is 0.734. The summed E-state index contributed by atoms with van der Waals surface area (Å²) in [5, 5.41) is 11.1. The summed E-state index contributed by atoms with van der Waals surface area (Å²) < 4.78 is 0. The average Bonchev–Trinajstić information content (AvgIpc) is 2.03. The van der Waals surface area contributed by atoms with E-state index < -0.39 is 5.97 Å². The maximum absolute atomic E-state index is 10.1. The summed E-state index contributed by atoms with van der Waals surface area (Å²) in [6.07, 6.45) is 0. The third kappa shape index (κ3) is 4.90. The summed E-state index contributed by atoms with van der Waals surface area (Å²) in [6, 6.07) is 9.23. The van der Waals surface area contributed by atoms with Crippen LogP contribution in [-0.4, -0.2) is 17.6 Å². The molecular weight excluding hydrogens is 181 g/mol. The van der Waals surface area contributed by atoms with E-state index in [1.54, 1.807) is 0 Å². The van der Waals surface area contributed by atoms with Crippen LogP contribution in [0.5, 0.6) is 0 Å². The minimum Gasteiger partial charge on any atom is -0.480 e. The van der Waals surface area contributed by atoms with Gasteiger partial charge in [0, 0.05) is 5.69 Å². The normalized spacial score (nSPS) is 8.33. The summed E-state index contributed by atoms with van der Waals surface area (Å²) in [5.74, 6) is -0.853. The average molecular weight is 190 g/mol. The van der Waals surface area contributed by atoms with E-state index in [1.807, 2.05) is 30.3 Å². The number of hydrogen-bond acceptors (Lipinski definition) is 2. The van der Waals surface area contributed by atoms with Crippen molar-refractivity contribution in [2.24, 2.45) is 0 Å². The largest absolute Gasteiger partial charge is 1.00 e. The molecule has 0 spiro atoms. The van der Waals surface area contributed by atoms with Crippen LogP contribution in [0.4, 0.5) is 5.69 Å². The molecular formula is C8H9KNO2+. The molecule has 0 saturated heterocycles. The molecule has 2 N–H and O–H groups in total. The summed E-state index contributed by atoms with van der Waals surface area (Å²) in [4.78, 5) is 10.1. The van der Waals surface area contributed by atoms with Crippen LogP contribution in [0.2, 0.25) is 0 Å². The minimum atomic E-state index is -0.853. The zero-order valence-electron chi connectivity index (χ0n) is 6.95. The molecule has 12 heavy (non-hydrogen) atoms. The second kappa shape index (κ2) is 6.62. The minimum absolute atomic E-state index is 0. The summed E-state index contributed by atoms with van der Waals surface area (Å²) in [5.41, 5.74) is 0.829. The molecule has 0 aromatic heterocycles. The Balaban J connectivity index is 0.00000121. The monoisotopic (exact) mass is 190 g/mol. The number of rotatable bonds is 3. The van der Waals surface area contributed by atoms with Crippen molar-refractivity contribution in [3.63, 3.8) is 0 Å². The predicted molar refractivity (Wildman–Crippen MR) is 42.6 cm³/mol. The van der Waals surface area contributed by atoms with E-state index in [1.165, 1.54) is 0 Å². The molecule has 0 radical (unpaired) electrons. The van der Waals surface area contributed by atoms with Gasteiger partial charge in [0.25, 0.3) is 0 Å². The van der Waals surface area contributed by atoms with Crippen molar-refractivity contribution in [1.29, 1.82) is 0 Å². The number of carboxylic acid groups (broad SMARTS) is 1. The van der Waals surface area contributed by atoms with Crippen LogP contribution in [0.25, 0.3) is 0 Å². The van der Waals surface area contributed by atoms with E-state index in [-0.39, 0.29) is 57.9 Å². The van der Waals surface area contributed by atoms with Gasteiger partial charge in [-0.3, -0.25) is 4.79 Å². The van der Waals surface area contributed by atoms with Crippen LogP contribution < -0.4 is 56.7 Å². The molecule has 0 bridgehead atoms. The zero-order valence-corrected chi connectivity index (χ0v) is 10.1. The molecule has 0 unspecified atom stereocenters. The zero-order chi connectivity index (χ0) is 8.10. The molecule has 0 aliphatic rings. The molecule has 4 heteroatoms. The predicted octanol–water partition coefficient (Wildman–Crippen LogP) is -1.81. The third-order valence-corrected chi connectivity index (χ3v) is 1.22. The maximum Gasteiger partial charge on any atom is 1.00 e. The number of benzene rings is 1. The van der Waals surface area contributed by atoms with Gasteiger partial charge >= 0.3 is 57.4 Å². The number of para-hydroxylation sites is 1. The van der Waals surface area contributed by atoms with Crippen LogP contribution in [-0.2, 0) is 4.79 Å². The van der Waals surface area contributed by atoms with Crippen molar-refractivity contribution in [2.45, 2.75) is 0 Å². The first kappa shape index (κ1) is 12.1. The molecule has 0 aliphatic heterocycles. The van der Waals surface area contributed by atoms with Crippen LogP contribution in [0, 0.1) is 0 Å². The van der Waals surface area contributed by atoms with Gasteiger partial charge in [-0.05, 0) is 12.1 Å². The topological polar surface area (TPSA) is 49.3 Å². The van der Waals surface area contributed by atoms with E-state index in [2.05, 4.69) is 5.32 Å². The quantitative estimate of drug-likeness (QED) is 0.552. The Morgan fingerprint density at radius 1 is 1.33 bits per heavy atom. The van der Waals surface area contributed by atoms with Crippen LogP contribution >= 0.6 is 0 Å². The molecule has 0 amide bonds. The van der Waals surface area contributed by atoms with Crippen molar-refractivity contribution in [1.82, 2.24) is 0 Å². The first-order chi connectivity index (χ1) is 5.29. The van der Waals surface area contributed by atoms with Crippen molar-refractivity contribution in [3.8, 4) is 0 Å². The second-order valence-corrected chi connectivity index (χ2v) is 2.11. The van der Waals surface area contributed by atoms with E-state index in [0.29, 0.717) is 0 Å². The third-order valence-electron chi connectivity index (χ3n) is 1.22. The molecule has 1 aromatic rings. The fraction of sp³-hybridized carbons (Fsp3) is 0.125. The van der Waals surface area contributed by atoms with Gasteiger partial charge < -0.3 is 10.4 Å². The smallest absolute Gasteiger partial charge is 0.480 e. The van der Waals surface area contributed by atoms with E-state index in [0.717, 1.165) is 5.69 Å².